The highest BCUT2D eigenvalue weighted by Crippen LogP contribution is 2.23. The number of benzene rings is 1. The van der Waals surface area contributed by atoms with Gasteiger partial charge >= 0.3 is 0 Å². The van der Waals surface area contributed by atoms with Gasteiger partial charge in [0, 0.05) is 12.4 Å². The summed E-state index contributed by atoms with van der Waals surface area (Å²) in [6.45, 7) is 3.80. The monoisotopic (exact) mass is 265 g/mol. The summed E-state index contributed by atoms with van der Waals surface area (Å²) in [5, 5.41) is 10.7. The Labute approximate surface area is 111 Å². The van der Waals surface area contributed by atoms with Crippen molar-refractivity contribution in [3.05, 3.63) is 29.8 Å². The van der Waals surface area contributed by atoms with Crippen molar-refractivity contribution in [2.45, 2.75) is 32.3 Å². The predicted octanol–water partition coefficient (Wildman–Crippen LogP) is -0.313. The molecule has 0 aliphatic rings. The van der Waals surface area contributed by atoms with Crippen molar-refractivity contribution < 1.29 is 19.4 Å². The Bertz CT molecular complexity index is 442. The molecule has 0 saturated carbocycles. The van der Waals surface area contributed by atoms with E-state index in [2.05, 4.69) is 0 Å². The van der Waals surface area contributed by atoms with E-state index in [1.165, 1.54) is 0 Å². The number of nitrogens with one attached hydrogen (secondary N) is 1. The van der Waals surface area contributed by atoms with Crippen LogP contribution in [-0.2, 0) is 9.59 Å². The molecule has 1 aromatic rings. The van der Waals surface area contributed by atoms with Crippen LogP contribution >= 0.6 is 0 Å². The molecular weight excluding hydrogens is 248 g/mol. The molecule has 1 aromatic carbocycles. The van der Waals surface area contributed by atoms with Crippen LogP contribution < -0.4 is 21.1 Å². The molecule has 0 saturated heterocycles. The Balaban J connectivity index is 2.90. The summed E-state index contributed by atoms with van der Waals surface area (Å²) in [6, 6.07) is 6.64. The van der Waals surface area contributed by atoms with Gasteiger partial charge in [-0.2, -0.15) is 0 Å². The molecule has 0 fully saturated rings. The Morgan fingerprint density at radius 3 is 2.32 bits per heavy atom. The van der Waals surface area contributed by atoms with E-state index in [1.807, 2.05) is 19.3 Å². The van der Waals surface area contributed by atoms with E-state index in [0.717, 1.165) is 0 Å². The molecule has 1 amide bonds. The van der Waals surface area contributed by atoms with Gasteiger partial charge in [-0.25, -0.2) is 5.84 Å². The first-order chi connectivity index (χ1) is 8.93. The number of carbonyl (C=O) groups is 2. The van der Waals surface area contributed by atoms with Gasteiger partial charge in [0.15, 0.2) is 0 Å². The van der Waals surface area contributed by atoms with Gasteiger partial charge in [0.25, 0.3) is 0 Å². The Kier molecular flexibility index (Phi) is 5.32. The van der Waals surface area contributed by atoms with E-state index in [-0.39, 0.29) is 6.10 Å². The minimum absolute atomic E-state index is 0.0391. The zero-order valence-electron chi connectivity index (χ0n) is 10.9. The minimum atomic E-state index is -1.31. The maximum atomic E-state index is 11.6. The quantitative estimate of drug-likeness (QED) is 0.417. The van der Waals surface area contributed by atoms with Gasteiger partial charge in [0.05, 0.1) is 12.0 Å². The second-order valence-electron chi connectivity index (χ2n) is 4.37. The van der Waals surface area contributed by atoms with E-state index < -0.39 is 24.2 Å². The molecule has 0 heterocycles. The highest BCUT2D eigenvalue weighted by atomic mass is 16.5. The lowest BCUT2D eigenvalue weighted by atomic mass is 9.95. The first-order valence-electron chi connectivity index (χ1n) is 5.91. The van der Waals surface area contributed by atoms with Gasteiger partial charge in [-0.05, 0) is 31.5 Å². The van der Waals surface area contributed by atoms with Gasteiger partial charge in [-0.1, -0.05) is 12.1 Å². The molecule has 0 spiro atoms. The number of hydrogen-bond donors (Lipinski definition) is 2. The second kappa shape index (κ2) is 6.75. The van der Waals surface area contributed by atoms with Crippen LogP contribution in [0.1, 0.15) is 31.7 Å². The van der Waals surface area contributed by atoms with Crippen molar-refractivity contribution in [2.24, 2.45) is 5.84 Å². The topological polar surface area (TPSA) is 104 Å². The van der Waals surface area contributed by atoms with Crippen molar-refractivity contribution >= 4 is 11.9 Å². The van der Waals surface area contributed by atoms with Crippen molar-refractivity contribution in [3.8, 4) is 5.75 Å². The number of amides is 1. The first kappa shape index (κ1) is 15.0. The molecular formula is C13H17N2O4-. The van der Waals surface area contributed by atoms with Gasteiger partial charge in [0.2, 0.25) is 5.91 Å². The fraction of sp³-hybridized carbons (Fsp3) is 0.385. The summed E-state index contributed by atoms with van der Waals surface area (Å²) in [7, 11) is 0. The van der Waals surface area contributed by atoms with Crippen LogP contribution in [0.25, 0.3) is 0 Å². The number of hydrogen-bond acceptors (Lipinski definition) is 5. The Morgan fingerprint density at radius 1 is 1.32 bits per heavy atom. The van der Waals surface area contributed by atoms with Crippen molar-refractivity contribution in [1.82, 2.24) is 5.43 Å². The predicted molar refractivity (Wildman–Crippen MR) is 66.9 cm³/mol. The van der Waals surface area contributed by atoms with Gasteiger partial charge in [-0.15, -0.1) is 0 Å². The number of carboxylic acids is 1. The van der Waals surface area contributed by atoms with Gasteiger partial charge < -0.3 is 14.6 Å². The molecule has 6 heteroatoms. The molecule has 3 N–H and O–H groups in total. The summed E-state index contributed by atoms with van der Waals surface area (Å²) in [5.74, 6) is 2.95. The smallest absolute Gasteiger partial charge is 0.241 e. The van der Waals surface area contributed by atoms with Crippen molar-refractivity contribution in [2.75, 3.05) is 0 Å². The van der Waals surface area contributed by atoms with Crippen LogP contribution in [0.15, 0.2) is 24.3 Å². The average molecular weight is 265 g/mol. The van der Waals surface area contributed by atoms with E-state index in [0.29, 0.717) is 11.3 Å². The second-order valence-corrected chi connectivity index (χ2v) is 4.37. The number of carbonyl (C=O) groups excluding carboxylic acids is 2. The zero-order chi connectivity index (χ0) is 14.4. The molecule has 0 bridgehead atoms. The molecule has 0 aromatic heterocycles. The summed E-state index contributed by atoms with van der Waals surface area (Å²) < 4.78 is 5.46. The first-order valence-corrected chi connectivity index (χ1v) is 5.91. The standard InChI is InChI=1S/C13H18N2O4/c1-8(2)19-10-5-3-9(4-6-10)11(7-12(16)17)13(18)15-14/h3-6,8,11H,7,14H2,1-2H3,(H,15,18)(H,16,17)/p-1/t11-/m1/s1. The molecule has 6 nitrogen and oxygen atoms in total. The third-order valence-electron chi connectivity index (χ3n) is 2.48. The van der Waals surface area contributed by atoms with Crippen LogP contribution in [0.3, 0.4) is 0 Å². The highest BCUT2D eigenvalue weighted by Gasteiger charge is 2.20. The van der Waals surface area contributed by atoms with Crippen LogP contribution in [0.5, 0.6) is 5.75 Å². The summed E-state index contributed by atoms with van der Waals surface area (Å²) in [6.07, 6.45) is -0.384. The largest absolute Gasteiger partial charge is 0.550 e. The molecule has 104 valence electrons. The van der Waals surface area contributed by atoms with Crippen molar-refractivity contribution in [1.29, 1.82) is 0 Å². The maximum Gasteiger partial charge on any atom is 0.241 e. The molecule has 0 radical (unpaired) electrons. The Morgan fingerprint density at radius 2 is 1.89 bits per heavy atom. The number of hydrazine groups is 1. The Hall–Kier alpha value is -2.08. The fourth-order valence-electron chi connectivity index (χ4n) is 1.68. The normalized spacial score (nSPS) is 12.0. The van der Waals surface area contributed by atoms with Crippen LogP contribution in [0.4, 0.5) is 0 Å². The number of rotatable bonds is 6. The molecule has 1 rings (SSSR count). The van der Waals surface area contributed by atoms with Crippen LogP contribution in [-0.4, -0.2) is 18.0 Å². The highest BCUT2D eigenvalue weighted by molar-refractivity contribution is 5.87. The maximum absolute atomic E-state index is 11.6. The third-order valence-corrected chi connectivity index (χ3v) is 2.48. The lowest BCUT2D eigenvalue weighted by Crippen LogP contribution is -2.37. The number of aliphatic carboxylic acids is 1. The zero-order valence-corrected chi connectivity index (χ0v) is 10.9. The van der Waals surface area contributed by atoms with E-state index in [4.69, 9.17) is 10.6 Å². The number of ether oxygens (including phenoxy) is 1. The fourth-order valence-corrected chi connectivity index (χ4v) is 1.68. The summed E-state index contributed by atoms with van der Waals surface area (Å²) >= 11 is 0. The number of carboxylic acid groups (broad SMARTS) is 1. The average Bonchev–Trinajstić information content (AvgIpc) is 2.35. The number of nitrogens with two attached hydrogens (primary N) is 1. The van der Waals surface area contributed by atoms with E-state index >= 15 is 0 Å². The van der Waals surface area contributed by atoms with Crippen molar-refractivity contribution in [3.63, 3.8) is 0 Å². The summed E-state index contributed by atoms with van der Waals surface area (Å²) in [5.41, 5.74) is 2.50. The third kappa shape index (κ3) is 4.59. The molecule has 0 unspecified atom stereocenters. The lowest BCUT2D eigenvalue weighted by Gasteiger charge is -2.17. The van der Waals surface area contributed by atoms with Crippen LogP contribution in [0, 0.1) is 0 Å². The molecule has 1 atom stereocenters. The SMILES string of the molecule is CC(C)Oc1ccc([C@@H](CC(=O)[O-])C(=O)NN)cc1. The van der Waals surface area contributed by atoms with Crippen LogP contribution in [0.2, 0.25) is 0 Å². The van der Waals surface area contributed by atoms with E-state index in [1.54, 1.807) is 24.3 Å². The van der Waals surface area contributed by atoms with Gasteiger partial charge in [0.1, 0.15) is 5.75 Å². The molecule has 0 aliphatic carbocycles. The molecule has 0 aliphatic heterocycles. The molecule has 19 heavy (non-hydrogen) atoms. The summed E-state index contributed by atoms with van der Waals surface area (Å²) in [4.78, 5) is 22.2. The minimum Gasteiger partial charge on any atom is -0.550 e. The van der Waals surface area contributed by atoms with Gasteiger partial charge in [-0.3, -0.25) is 10.2 Å². The van der Waals surface area contributed by atoms with E-state index in [9.17, 15) is 14.7 Å². The lowest BCUT2D eigenvalue weighted by molar-refractivity contribution is -0.306.